The summed E-state index contributed by atoms with van der Waals surface area (Å²) in [5, 5.41) is 11.7. The molecule has 1 aliphatic carbocycles. The van der Waals surface area contributed by atoms with Crippen molar-refractivity contribution in [3.8, 4) is 0 Å². The summed E-state index contributed by atoms with van der Waals surface area (Å²) >= 11 is 0. The van der Waals surface area contributed by atoms with E-state index in [0.717, 1.165) is 5.70 Å². The highest BCUT2D eigenvalue weighted by molar-refractivity contribution is 5.70. The first kappa shape index (κ1) is 15.7. The molecule has 0 heterocycles. The van der Waals surface area contributed by atoms with Gasteiger partial charge in [0.05, 0.1) is 6.61 Å². The van der Waals surface area contributed by atoms with E-state index < -0.39 is 11.7 Å². The molecule has 0 spiro atoms. The Bertz CT molecular complexity index is 369. The van der Waals surface area contributed by atoms with Crippen molar-refractivity contribution < 1.29 is 14.6 Å². The van der Waals surface area contributed by atoms with Crippen LogP contribution in [-0.2, 0) is 4.74 Å². The minimum absolute atomic E-state index is 0.0249. The maximum atomic E-state index is 11.6. The van der Waals surface area contributed by atoms with Crippen LogP contribution < -0.4 is 11.1 Å². The lowest BCUT2D eigenvalue weighted by Gasteiger charge is -2.23. The Labute approximate surface area is 114 Å². The molecule has 0 aromatic rings. The van der Waals surface area contributed by atoms with Crippen molar-refractivity contribution in [2.75, 3.05) is 6.61 Å². The molecule has 0 aliphatic heterocycles. The fourth-order valence-electron chi connectivity index (χ4n) is 1.90. The number of nitrogens with one attached hydrogen (secondary N) is 1. The van der Waals surface area contributed by atoms with Gasteiger partial charge in [-0.25, -0.2) is 4.79 Å². The van der Waals surface area contributed by atoms with Crippen LogP contribution in [0.2, 0.25) is 0 Å². The first-order valence-electron chi connectivity index (χ1n) is 6.54. The Morgan fingerprint density at radius 1 is 1.63 bits per heavy atom. The Kier molecular flexibility index (Phi) is 5.57. The van der Waals surface area contributed by atoms with Gasteiger partial charge < -0.3 is 15.6 Å². The lowest BCUT2D eigenvalue weighted by molar-refractivity contribution is 0.0543. The zero-order valence-corrected chi connectivity index (χ0v) is 11.8. The number of rotatable bonds is 4. The molecule has 4 N–H and O–H groups in total. The summed E-state index contributed by atoms with van der Waals surface area (Å²) in [6.07, 6.45) is 6.73. The van der Waals surface area contributed by atoms with Gasteiger partial charge in [-0.3, -0.25) is 5.32 Å². The number of amides is 1. The number of carbonyl (C=O) groups is 1. The third-order valence-corrected chi connectivity index (χ3v) is 2.66. The van der Waals surface area contributed by atoms with Gasteiger partial charge in [-0.2, -0.15) is 0 Å². The van der Waals surface area contributed by atoms with Crippen LogP contribution in [0.15, 0.2) is 23.9 Å². The Morgan fingerprint density at radius 3 is 2.89 bits per heavy atom. The van der Waals surface area contributed by atoms with Crippen LogP contribution in [0.4, 0.5) is 4.79 Å². The second kappa shape index (κ2) is 6.73. The van der Waals surface area contributed by atoms with E-state index in [1.54, 1.807) is 0 Å². The van der Waals surface area contributed by atoms with E-state index >= 15 is 0 Å². The monoisotopic (exact) mass is 268 g/mol. The number of carbonyl (C=O) groups excluding carboxylic acids is 1. The fraction of sp³-hybridized carbons (Fsp3) is 0.643. The lowest BCUT2D eigenvalue weighted by Crippen LogP contribution is -2.33. The minimum Gasteiger partial charge on any atom is -0.444 e. The predicted molar refractivity (Wildman–Crippen MR) is 74.4 cm³/mol. The van der Waals surface area contributed by atoms with Gasteiger partial charge >= 0.3 is 6.09 Å². The number of hydrogen-bond acceptors (Lipinski definition) is 4. The zero-order chi connectivity index (χ0) is 14.5. The van der Waals surface area contributed by atoms with Crippen molar-refractivity contribution in [3.63, 3.8) is 0 Å². The molecule has 5 heteroatoms. The number of alkyl carbamates (subject to hydrolysis) is 1. The number of hydrogen-bond donors (Lipinski definition) is 3. The topological polar surface area (TPSA) is 84.6 Å². The fourth-order valence-corrected chi connectivity index (χ4v) is 1.90. The molecule has 1 aliphatic rings. The summed E-state index contributed by atoms with van der Waals surface area (Å²) in [4.78, 5) is 11.6. The van der Waals surface area contributed by atoms with Crippen LogP contribution in [0, 0.1) is 5.92 Å². The Hall–Kier alpha value is -1.33. The van der Waals surface area contributed by atoms with E-state index in [9.17, 15) is 4.79 Å². The molecule has 0 fully saturated rings. The molecule has 1 rings (SSSR count). The average Bonchev–Trinajstić information content (AvgIpc) is 2.26. The van der Waals surface area contributed by atoms with E-state index in [-0.39, 0.29) is 18.6 Å². The van der Waals surface area contributed by atoms with Gasteiger partial charge in [0.2, 0.25) is 0 Å². The molecule has 0 aromatic carbocycles. The highest BCUT2D eigenvalue weighted by Gasteiger charge is 2.19. The van der Waals surface area contributed by atoms with Gasteiger partial charge in [0.15, 0.2) is 0 Å². The van der Waals surface area contributed by atoms with E-state index in [4.69, 9.17) is 15.6 Å². The normalized spacial score (nSPS) is 20.7. The average molecular weight is 268 g/mol. The molecule has 108 valence electrons. The molecule has 1 unspecified atom stereocenters. The predicted octanol–water partition coefficient (Wildman–Crippen LogP) is 1.68. The summed E-state index contributed by atoms with van der Waals surface area (Å²) in [5.74, 6) is 0.233. The molecule has 0 saturated carbocycles. The second-order valence-electron chi connectivity index (χ2n) is 5.85. The number of allylic oxidation sites excluding steroid dienone is 4. The van der Waals surface area contributed by atoms with E-state index in [1.165, 1.54) is 0 Å². The van der Waals surface area contributed by atoms with Crippen molar-refractivity contribution in [1.29, 1.82) is 0 Å². The standard InChI is InChI=1S/C14H24N2O3/c1-14(2,3)19-13(18)16-12-6-4-5-10(8-12)7-11(15)9-17/h4-6,10-11,17H,7-9,15H2,1-3H3,(H,16,18)/t10?,11-/m0/s1. The van der Waals surface area contributed by atoms with Gasteiger partial charge in [0.1, 0.15) is 5.60 Å². The number of aliphatic hydroxyl groups excluding tert-OH is 1. The zero-order valence-electron chi connectivity index (χ0n) is 11.8. The summed E-state index contributed by atoms with van der Waals surface area (Å²) in [7, 11) is 0. The molecule has 0 saturated heterocycles. The van der Waals surface area contributed by atoms with Crippen molar-refractivity contribution in [2.24, 2.45) is 11.7 Å². The number of nitrogens with two attached hydrogens (primary N) is 1. The maximum absolute atomic E-state index is 11.6. The quantitative estimate of drug-likeness (QED) is 0.724. The van der Waals surface area contributed by atoms with E-state index in [2.05, 4.69) is 5.32 Å². The van der Waals surface area contributed by atoms with Gasteiger partial charge in [-0.05, 0) is 45.6 Å². The van der Waals surface area contributed by atoms with Crippen LogP contribution in [-0.4, -0.2) is 29.4 Å². The SMILES string of the molecule is CC(C)(C)OC(=O)NC1=CC=CC(C[C@H](N)CO)C1. The van der Waals surface area contributed by atoms with E-state index in [1.807, 2.05) is 39.0 Å². The number of aliphatic hydroxyl groups is 1. The molecular formula is C14H24N2O3. The molecule has 0 radical (unpaired) electrons. The highest BCUT2D eigenvalue weighted by atomic mass is 16.6. The highest BCUT2D eigenvalue weighted by Crippen LogP contribution is 2.21. The summed E-state index contributed by atoms with van der Waals surface area (Å²) in [5.41, 5.74) is 6.02. The first-order chi connectivity index (χ1) is 8.80. The molecule has 19 heavy (non-hydrogen) atoms. The lowest BCUT2D eigenvalue weighted by atomic mass is 9.92. The van der Waals surface area contributed by atoms with Crippen molar-refractivity contribution in [2.45, 2.75) is 45.3 Å². The number of ether oxygens (including phenoxy) is 1. The third-order valence-electron chi connectivity index (χ3n) is 2.66. The van der Waals surface area contributed by atoms with E-state index in [0.29, 0.717) is 12.8 Å². The van der Waals surface area contributed by atoms with Gasteiger partial charge in [-0.15, -0.1) is 0 Å². The molecule has 0 aromatic heterocycles. The largest absolute Gasteiger partial charge is 0.444 e. The maximum Gasteiger partial charge on any atom is 0.411 e. The second-order valence-corrected chi connectivity index (χ2v) is 5.85. The van der Waals surface area contributed by atoms with Gasteiger partial charge in [0.25, 0.3) is 0 Å². The van der Waals surface area contributed by atoms with Gasteiger partial charge in [0, 0.05) is 11.7 Å². The Balaban J connectivity index is 2.46. The Morgan fingerprint density at radius 2 is 2.32 bits per heavy atom. The third kappa shape index (κ3) is 6.40. The molecule has 5 nitrogen and oxygen atoms in total. The molecule has 2 atom stereocenters. The van der Waals surface area contributed by atoms with Crippen LogP contribution in [0.1, 0.15) is 33.6 Å². The van der Waals surface area contributed by atoms with Crippen LogP contribution in [0.5, 0.6) is 0 Å². The minimum atomic E-state index is -0.506. The van der Waals surface area contributed by atoms with Crippen LogP contribution in [0.3, 0.4) is 0 Å². The van der Waals surface area contributed by atoms with Crippen molar-refractivity contribution >= 4 is 6.09 Å². The van der Waals surface area contributed by atoms with Crippen LogP contribution in [0.25, 0.3) is 0 Å². The van der Waals surface area contributed by atoms with Gasteiger partial charge in [-0.1, -0.05) is 12.2 Å². The smallest absolute Gasteiger partial charge is 0.411 e. The molecular weight excluding hydrogens is 244 g/mol. The van der Waals surface area contributed by atoms with Crippen LogP contribution >= 0.6 is 0 Å². The molecule has 0 bridgehead atoms. The summed E-state index contributed by atoms with van der Waals surface area (Å²) in [6.45, 7) is 5.45. The first-order valence-corrected chi connectivity index (χ1v) is 6.54. The van der Waals surface area contributed by atoms with Crippen molar-refractivity contribution in [1.82, 2.24) is 5.32 Å². The molecule has 1 amide bonds. The summed E-state index contributed by atoms with van der Waals surface area (Å²) in [6, 6.07) is -0.226. The summed E-state index contributed by atoms with van der Waals surface area (Å²) < 4.78 is 5.20. The van der Waals surface area contributed by atoms with Crippen molar-refractivity contribution in [3.05, 3.63) is 23.9 Å².